The molecule has 0 spiro atoms. The number of alkyl halides is 2. The Labute approximate surface area is 138 Å². The lowest BCUT2D eigenvalue weighted by atomic mass is 10.1. The van der Waals surface area contributed by atoms with Crippen molar-refractivity contribution in [2.75, 3.05) is 0 Å². The SMILES string of the molecule is O=C(Cc1ccc(Cl)c(Cl)c1)N1NC(=C(F)F)CC1(O)C(F)F. The van der Waals surface area contributed by atoms with Crippen molar-refractivity contribution in [2.45, 2.75) is 25.0 Å². The van der Waals surface area contributed by atoms with Crippen LogP contribution in [0.25, 0.3) is 0 Å². The van der Waals surface area contributed by atoms with Crippen LogP contribution < -0.4 is 5.43 Å². The number of hydrazine groups is 1. The van der Waals surface area contributed by atoms with E-state index >= 15 is 0 Å². The molecule has 1 unspecified atom stereocenters. The topological polar surface area (TPSA) is 52.6 Å². The van der Waals surface area contributed by atoms with Crippen molar-refractivity contribution in [2.24, 2.45) is 0 Å². The number of hydrogen-bond donors (Lipinski definition) is 2. The van der Waals surface area contributed by atoms with Crippen LogP contribution in [0.4, 0.5) is 17.6 Å². The summed E-state index contributed by atoms with van der Waals surface area (Å²) in [6.45, 7) is 0. The lowest BCUT2D eigenvalue weighted by Gasteiger charge is -2.31. The number of aliphatic hydroxyl groups is 1. The van der Waals surface area contributed by atoms with E-state index in [1.165, 1.54) is 18.2 Å². The molecule has 2 rings (SSSR count). The van der Waals surface area contributed by atoms with Crippen LogP contribution in [0.15, 0.2) is 30.0 Å². The highest BCUT2D eigenvalue weighted by atomic mass is 35.5. The number of rotatable bonds is 3. The number of hydrogen-bond acceptors (Lipinski definition) is 3. The molecule has 4 nitrogen and oxygen atoms in total. The van der Waals surface area contributed by atoms with Crippen LogP contribution in [0, 0.1) is 0 Å². The van der Waals surface area contributed by atoms with Gasteiger partial charge >= 0.3 is 0 Å². The second-order valence-electron chi connectivity index (χ2n) is 4.86. The van der Waals surface area contributed by atoms with E-state index in [1.54, 1.807) is 0 Å². The predicted molar refractivity (Wildman–Crippen MR) is 75.0 cm³/mol. The molecule has 1 saturated heterocycles. The lowest BCUT2D eigenvalue weighted by molar-refractivity contribution is -0.195. The number of amides is 1. The predicted octanol–water partition coefficient (Wildman–Crippen LogP) is 3.33. The summed E-state index contributed by atoms with van der Waals surface area (Å²) in [5.74, 6) is -1.03. The van der Waals surface area contributed by atoms with Crippen molar-refractivity contribution >= 4 is 29.1 Å². The standard InChI is InChI=1S/C13H10Cl2F4N2O2/c14-7-2-1-6(3-8(7)15)4-10(22)21-13(23,12(18)19)5-9(20-21)11(16)17/h1-3,12,20,23H,4-5H2. The first-order valence-electron chi connectivity index (χ1n) is 6.23. The van der Waals surface area contributed by atoms with E-state index < -0.39 is 42.7 Å². The Morgan fingerprint density at radius 2 is 2.00 bits per heavy atom. The Bertz CT molecular complexity index is 667. The molecule has 0 bridgehead atoms. The third kappa shape index (κ3) is 3.54. The van der Waals surface area contributed by atoms with Gasteiger partial charge in [0.05, 0.1) is 22.9 Å². The highest BCUT2D eigenvalue weighted by molar-refractivity contribution is 6.42. The summed E-state index contributed by atoms with van der Waals surface area (Å²) >= 11 is 11.5. The highest BCUT2D eigenvalue weighted by Gasteiger charge is 2.53. The zero-order chi connectivity index (χ0) is 17.4. The zero-order valence-corrected chi connectivity index (χ0v) is 12.8. The van der Waals surface area contributed by atoms with E-state index in [2.05, 4.69) is 0 Å². The van der Waals surface area contributed by atoms with E-state index in [0.717, 1.165) is 0 Å². The molecule has 1 aliphatic heterocycles. The maximum absolute atomic E-state index is 13.0. The molecule has 0 radical (unpaired) electrons. The smallest absolute Gasteiger partial charge is 0.291 e. The van der Waals surface area contributed by atoms with Crippen LogP contribution in [0.3, 0.4) is 0 Å². The van der Waals surface area contributed by atoms with Gasteiger partial charge in [-0.2, -0.15) is 8.78 Å². The van der Waals surface area contributed by atoms with Gasteiger partial charge in [0.15, 0.2) is 0 Å². The third-order valence-electron chi connectivity index (χ3n) is 3.24. The fourth-order valence-electron chi connectivity index (χ4n) is 2.08. The average Bonchev–Trinajstić information content (AvgIpc) is 2.83. The van der Waals surface area contributed by atoms with Gasteiger partial charge < -0.3 is 5.11 Å². The Hall–Kier alpha value is -1.51. The van der Waals surface area contributed by atoms with Gasteiger partial charge in [-0.1, -0.05) is 29.3 Å². The minimum Gasteiger partial charge on any atom is -0.364 e. The second kappa shape index (κ2) is 6.54. The van der Waals surface area contributed by atoms with E-state index in [9.17, 15) is 27.5 Å². The fraction of sp³-hybridized carbons (Fsp3) is 0.308. The van der Waals surface area contributed by atoms with E-state index in [0.29, 0.717) is 5.56 Å². The number of nitrogens with one attached hydrogen (secondary N) is 1. The van der Waals surface area contributed by atoms with Crippen molar-refractivity contribution in [3.8, 4) is 0 Å². The number of carbonyl (C=O) groups is 1. The number of halogens is 6. The Morgan fingerprint density at radius 1 is 1.35 bits per heavy atom. The summed E-state index contributed by atoms with van der Waals surface area (Å²) in [5, 5.41) is 10.4. The van der Waals surface area contributed by atoms with Crippen molar-refractivity contribution in [1.82, 2.24) is 10.4 Å². The van der Waals surface area contributed by atoms with Gasteiger partial charge in [0.1, 0.15) is 5.70 Å². The molecule has 126 valence electrons. The first-order valence-corrected chi connectivity index (χ1v) is 6.99. The minimum atomic E-state index is -3.44. The first-order chi connectivity index (χ1) is 10.6. The van der Waals surface area contributed by atoms with E-state index in [4.69, 9.17) is 23.2 Å². The van der Waals surface area contributed by atoms with Crippen LogP contribution >= 0.6 is 23.2 Å². The summed E-state index contributed by atoms with van der Waals surface area (Å²) in [4.78, 5) is 12.1. The molecule has 10 heteroatoms. The monoisotopic (exact) mass is 372 g/mol. The summed E-state index contributed by atoms with van der Waals surface area (Å²) in [5.41, 5.74) is -1.83. The fourth-order valence-corrected chi connectivity index (χ4v) is 2.40. The van der Waals surface area contributed by atoms with Crippen LogP contribution in [-0.2, 0) is 11.2 Å². The molecule has 1 amide bonds. The second-order valence-corrected chi connectivity index (χ2v) is 5.68. The van der Waals surface area contributed by atoms with Crippen molar-refractivity contribution < 1.29 is 27.5 Å². The summed E-state index contributed by atoms with van der Waals surface area (Å²) < 4.78 is 51.3. The van der Waals surface area contributed by atoms with Crippen LogP contribution in [0.2, 0.25) is 10.0 Å². The Morgan fingerprint density at radius 3 is 2.52 bits per heavy atom. The van der Waals surface area contributed by atoms with Crippen LogP contribution in [-0.4, -0.2) is 28.2 Å². The van der Waals surface area contributed by atoms with E-state index in [1.807, 2.05) is 5.43 Å². The average molecular weight is 373 g/mol. The van der Waals surface area contributed by atoms with Gasteiger partial charge in [-0.3, -0.25) is 10.2 Å². The minimum absolute atomic E-state index is 0.120. The number of nitrogens with zero attached hydrogens (tertiary/aromatic N) is 1. The van der Waals surface area contributed by atoms with Gasteiger partial charge in [-0.25, -0.2) is 13.8 Å². The molecular formula is C13H10Cl2F4N2O2. The van der Waals surface area contributed by atoms with Crippen molar-refractivity contribution in [1.29, 1.82) is 0 Å². The van der Waals surface area contributed by atoms with Gasteiger partial charge in [0, 0.05) is 0 Å². The Kier molecular flexibility index (Phi) is 5.07. The Balaban J connectivity index is 2.25. The van der Waals surface area contributed by atoms with Crippen molar-refractivity contribution in [3.63, 3.8) is 0 Å². The molecule has 1 heterocycles. The van der Waals surface area contributed by atoms with Gasteiger partial charge in [-0.15, -0.1) is 0 Å². The molecule has 1 aromatic rings. The normalized spacial score (nSPS) is 20.9. The summed E-state index contributed by atoms with van der Waals surface area (Å²) in [6.07, 6.45) is -7.27. The van der Waals surface area contributed by atoms with Crippen molar-refractivity contribution in [3.05, 3.63) is 45.6 Å². The molecule has 1 aliphatic rings. The molecule has 0 aromatic heterocycles. The largest absolute Gasteiger partial charge is 0.364 e. The first kappa shape index (κ1) is 17.8. The zero-order valence-electron chi connectivity index (χ0n) is 11.3. The highest BCUT2D eigenvalue weighted by Crippen LogP contribution is 2.35. The molecule has 1 fully saturated rings. The maximum atomic E-state index is 13.0. The molecular weight excluding hydrogens is 363 g/mol. The molecule has 0 saturated carbocycles. The lowest BCUT2D eigenvalue weighted by Crippen LogP contribution is -2.56. The van der Waals surface area contributed by atoms with Gasteiger partial charge in [0.2, 0.25) is 11.6 Å². The molecule has 0 aliphatic carbocycles. The molecule has 2 N–H and O–H groups in total. The molecule has 1 atom stereocenters. The summed E-state index contributed by atoms with van der Waals surface area (Å²) in [7, 11) is 0. The number of benzene rings is 1. The third-order valence-corrected chi connectivity index (χ3v) is 3.98. The van der Waals surface area contributed by atoms with Gasteiger partial charge in [0.25, 0.3) is 12.5 Å². The quantitative estimate of drug-likeness (QED) is 0.800. The summed E-state index contributed by atoms with van der Waals surface area (Å²) in [6, 6.07) is 4.16. The maximum Gasteiger partial charge on any atom is 0.291 e. The van der Waals surface area contributed by atoms with Crippen LogP contribution in [0.1, 0.15) is 12.0 Å². The number of carbonyl (C=O) groups excluding carboxylic acids is 1. The van der Waals surface area contributed by atoms with Crippen LogP contribution in [0.5, 0.6) is 0 Å². The molecule has 1 aromatic carbocycles. The van der Waals surface area contributed by atoms with Gasteiger partial charge in [-0.05, 0) is 17.7 Å². The van der Waals surface area contributed by atoms with E-state index in [-0.39, 0.29) is 15.1 Å². The molecule has 23 heavy (non-hydrogen) atoms.